The minimum Gasteiger partial charge on any atom is -0.454 e. The molecule has 0 unspecified atom stereocenters. The maximum atomic E-state index is 12.4. The number of fused-ring (bicyclic) bond motifs is 2. The Hall–Kier alpha value is -4.06. The van der Waals surface area contributed by atoms with Gasteiger partial charge in [-0.05, 0) is 42.0 Å². The Balaban J connectivity index is 1.44. The van der Waals surface area contributed by atoms with Gasteiger partial charge in [-0.2, -0.15) is 0 Å². The second-order valence-corrected chi connectivity index (χ2v) is 6.47. The lowest BCUT2D eigenvalue weighted by atomic mass is 10.1. The summed E-state index contributed by atoms with van der Waals surface area (Å²) in [6.45, 7) is 0.127. The molecule has 0 aliphatic carbocycles. The van der Waals surface area contributed by atoms with Crippen LogP contribution >= 0.6 is 0 Å². The fourth-order valence-corrected chi connectivity index (χ4v) is 3.16. The highest BCUT2D eigenvalue weighted by Crippen LogP contribution is 2.33. The number of carbonyl (C=O) groups excluding carboxylic acids is 1. The molecule has 2 heterocycles. The third kappa shape index (κ3) is 3.21. The molecule has 0 atom stereocenters. The largest absolute Gasteiger partial charge is 0.454 e. The van der Waals surface area contributed by atoms with Gasteiger partial charge in [-0.3, -0.25) is 0 Å². The Bertz CT molecular complexity index is 1290. The van der Waals surface area contributed by atoms with E-state index in [1.807, 2.05) is 30.3 Å². The molecule has 29 heavy (non-hydrogen) atoms. The normalized spacial score (nSPS) is 12.1. The number of esters is 1. The predicted octanol–water partition coefficient (Wildman–Crippen LogP) is 4.41. The summed E-state index contributed by atoms with van der Waals surface area (Å²) in [6, 6.07) is 20.8. The van der Waals surface area contributed by atoms with Crippen LogP contribution in [0, 0.1) is 0 Å². The van der Waals surface area contributed by atoms with Crippen LogP contribution in [0.4, 0.5) is 0 Å². The van der Waals surface area contributed by atoms with Crippen molar-refractivity contribution < 1.29 is 23.4 Å². The van der Waals surface area contributed by atoms with Crippen molar-refractivity contribution in [1.29, 1.82) is 0 Å². The van der Waals surface area contributed by atoms with Crippen LogP contribution in [0.1, 0.15) is 10.4 Å². The lowest BCUT2D eigenvalue weighted by Crippen LogP contribution is -2.08. The first-order valence-corrected chi connectivity index (χ1v) is 8.92. The second kappa shape index (κ2) is 6.83. The van der Waals surface area contributed by atoms with E-state index in [1.165, 1.54) is 6.07 Å². The van der Waals surface area contributed by atoms with E-state index in [2.05, 4.69) is 0 Å². The van der Waals surface area contributed by atoms with Crippen molar-refractivity contribution >= 4 is 16.9 Å². The zero-order chi connectivity index (χ0) is 19.8. The lowest BCUT2D eigenvalue weighted by molar-refractivity contribution is 0.0734. The molecule has 0 bridgehead atoms. The van der Waals surface area contributed by atoms with Crippen LogP contribution in [0.15, 0.2) is 82.0 Å². The standard InChI is InChI=1S/C23H14O6/c24-22(16-7-9-19-21(11-16)27-13-26-19)28-17-8-6-15-10-18(14-4-2-1-3-5-14)23(25)29-20(15)12-17/h1-12H,13H2. The van der Waals surface area contributed by atoms with Gasteiger partial charge in [0.15, 0.2) is 11.5 Å². The monoisotopic (exact) mass is 386 g/mol. The first-order chi connectivity index (χ1) is 14.2. The van der Waals surface area contributed by atoms with E-state index in [-0.39, 0.29) is 12.5 Å². The van der Waals surface area contributed by atoms with Gasteiger partial charge in [0.1, 0.15) is 11.3 Å². The highest BCUT2D eigenvalue weighted by atomic mass is 16.7. The summed E-state index contributed by atoms with van der Waals surface area (Å²) in [6.07, 6.45) is 0. The number of benzene rings is 3. The fourth-order valence-electron chi connectivity index (χ4n) is 3.16. The van der Waals surface area contributed by atoms with Crippen LogP contribution in [-0.2, 0) is 0 Å². The Labute approximate surface area is 164 Å². The average molecular weight is 386 g/mol. The number of hydrogen-bond acceptors (Lipinski definition) is 6. The molecule has 0 fully saturated rings. The van der Waals surface area contributed by atoms with Gasteiger partial charge in [0.25, 0.3) is 0 Å². The van der Waals surface area contributed by atoms with E-state index < -0.39 is 11.6 Å². The lowest BCUT2D eigenvalue weighted by Gasteiger charge is -2.07. The summed E-state index contributed by atoms with van der Waals surface area (Å²) < 4.78 is 21.4. The molecular weight excluding hydrogens is 372 g/mol. The maximum Gasteiger partial charge on any atom is 0.344 e. The minimum absolute atomic E-state index is 0.127. The van der Waals surface area contributed by atoms with Crippen LogP contribution in [0.5, 0.6) is 17.2 Å². The molecule has 0 radical (unpaired) electrons. The molecule has 4 aromatic rings. The molecule has 6 heteroatoms. The summed E-state index contributed by atoms with van der Waals surface area (Å²) in [4.78, 5) is 24.8. The molecule has 0 saturated carbocycles. The molecule has 1 aliphatic heterocycles. The highest BCUT2D eigenvalue weighted by molar-refractivity contribution is 5.92. The van der Waals surface area contributed by atoms with Crippen molar-refractivity contribution in [3.8, 4) is 28.4 Å². The van der Waals surface area contributed by atoms with Gasteiger partial charge in [0.2, 0.25) is 6.79 Å². The fraction of sp³-hybridized carbons (Fsp3) is 0.0435. The van der Waals surface area contributed by atoms with Gasteiger partial charge in [0, 0.05) is 11.5 Å². The van der Waals surface area contributed by atoms with E-state index in [4.69, 9.17) is 18.6 Å². The third-order valence-electron chi connectivity index (χ3n) is 4.61. The summed E-state index contributed by atoms with van der Waals surface area (Å²) in [5.41, 5.74) is 1.47. The average Bonchev–Trinajstić information content (AvgIpc) is 3.21. The van der Waals surface area contributed by atoms with Crippen LogP contribution in [0.2, 0.25) is 0 Å². The molecule has 1 aliphatic rings. The van der Waals surface area contributed by atoms with Gasteiger partial charge in [-0.25, -0.2) is 9.59 Å². The van der Waals surface area contributed by atoms with Crippen LogP contribution in [0.3, 0.4) is 0 Å². The van der Waals surface area contributed by atoms with Crippen molar-refractivity contribution in [2.75, 3.05) is 6.79 Å². The molecule has 142 valence electrons. The number of rotatable bonds is 3. The molecule has 6 nitrogen and oxygen atoms in total. The van der Waals surface area contributed by atoms with Crippen molar-refractivity contribution in [2.45, 2.75) is 0 Å². The van der Waals surface area contributed by atoms with Gasteiger partial charge in [-0.1, -0.05) is 30.3 Å². The molecule has 3 aromatic carbocycles. The SMILES string of the molecule is O=C(Oc1ccc2cc(-c3ccccc3)c(=O)oc2c1)c1ccc2c(c1)OCO2. The van der Waals surface area contributed by atoms with Gasteiger partial charge in [-0.15, -0.1) is 0 Å². The highest BCUT2D eigenvalue weighted by Gasteiger charge is 2.18. The molecule has 0 amide bonds. The molecule has 0 saturated heterocycles. The minimum atomic E-state index is -0.550. The van der Waals surface area contributed by atoms with E-state index in [0.717, 1.165) is 10.9 Å². The Kier molecular flexibility index (Phi) is 4.02. The first kappa shape index (κ1) is 17.1. The van der Waals surface area contributed by atoms with E-state index in [9.17, 15) is 9.59 Å². The van der Waals surface area contributed by atoms with Gasteiger partial charge in [0.05, 0.1) is 11.1 Å². The molecule has 1 aromatic heterocycles. The number of carbonyl (C=O) groups is 1. The zero-order valence-corrected chi connectivity index (χ0v) is 15.1. The van der Waals surface area contributed by atoms with Crippen LogP contribution in [-0.4, -0.2) is 12.8 Å². The number of ether oxygens (including phenoxy) is 3. The number of hydrogen-bond donors (Lipinski definition) is 0. The summed E-state index contributed by atoms with van der Waals surface area (Å²) in [7, 11) is 0. The van der Waals surface area contributed by atoms with Crippen molar-refractivity contribution in [2.24, 2.45) is 0 Å². The summed E-state index contributed by atoms with van der Waals surface area (Å²) in [5, 5.41) is 0.728. The summed E-state index contributed by atoms with van der Waals surface area (Å²) in [5.74, 6) is 0.808. The summed E-state index contributed by atoms with van der Waals surface area (Å²) >= 11 is 0. The van der Waals surface area contributed by atoms with Crippen molar-refractivity contribution in [3.63, 3.8) is 0 Å². The second-order valence-electron chi connectivity index (χ2n) is 6.47. The maximum absolute atomic E-state index is 12.4. The Morgan fingerprint density at radius 2 is 1.69 bits per heavy atom. The zero-order valence-electron chi connectivity index (χ0n) is 15.1. The van der Waals surface area contributed by atoms with E-state index in [1.54, 1.807) is 36.4 Å². The topological polar surface area (TPSA) is 75.0 Å². The van der Waals surface area contributed by atoms with E-state index >= 15 is 0 Å². The molecule has 0 N–H and O–H groups in total. The predicted molar refractivity (Wildman–Crippen MR) is 105 cm³/mol. The van der Waals surface area contributed by atoms with Crippen molar-refractivity contribution in [1.82, 2.24) is 0 Å². The van der Waals surface area contributed by atoms with Gasteiger partial charge >= 0.3 is 11.6 Å². The van der Waals surface area contributed by atoms with Crippen molar-refractivity contribution in [3.05, 3.63) is 88.8 Å². The van der Waals surface area contributed by atoms with Crippen LogP contribution < -0.4 is 19.8 Å². The smallest absolute Gasteiger partial charge is 0.344 e. The van der Waals surface area contributed by atoms with Crippen LogP contribution in [0.25, 0.3) is 22.1 Å². The van der Waals surface area contributed by atoms with E-state index in [0.29, 0.717) is 28.2 Å². The Morgan fingerprint density at radius 3 is 2.55 bits per heavy atom. The quantitative estimate of drug-likeness (QED) is 0.295. The first-order valence-electron chi connectivity index (χ1n) is 8.92. The third-order valence-corrected chi connectivity index (χ3v) is 4.61. The molecule has 5 rings (SSSR count). The molecule has 0 spiro atoms. The van der Waals surface area contributed by atoms with Gasteiger partial charge < -0.3 is 18.6 Å². The Morgan fingerprint density at radius 1 is 0.862 bits per heavy atom. The molecular formula is C23H14O6.